The maximum atomic E-state index is 11.7. The van der Waals surface area contributed by atoms with Crippen molar-refractivity contribution in [3.8, 4) is 5.75 Å². The zero-order valence-electron chi connectivity index (χ0n) is 9.50. The summed E-state index contributed by atoms with van der Waals surface area (Å²) >= 11 is 5.73. The molecule has 16 heavy (non-hydrogen) atoms. The van der Waals surface area contributed by atoms with E-state index in [2.05, 4.69) is 6.58 Å². The van der Waals surface area contributed by atoms with Crippen molar-refractivity contribution < 1.29 is 9.53 Å². The highest BCUT2D eigenvalue weighted by Crippen LogP contribution is 2.19. The summed E-state index contributed by atoms with van der Waals surface area (Å²) in [7, 11) is 0. The molecule has 0 aliphatic carbocycles. The van der Waals surface area contributed by atoms with E-state index < -0.39 is 5.41 Å². The molecule has 0 aromatic heterocycles. The van der Waals surface area contributed by atoms with Gasteiger partial charge in [-0.3, -0.25) is 4.79 Å². The highest BCUT2D eigenvalue weighted by molar-refractivity contribution is 6.30. The molecule has 0 aliphatic heterocycles. The fourth-order valence-electron chi connectivity index (χ4n) is 0.980. The molecule has 0 atom stereocenters. The standard InChI is InChI=1S/C13H15ClO2/c1-4-13(2,3)12(15)9-16-11-7-5-10(14)6-8-11/h4-8H,1,9H2,2-3H3. The van der Waals surface area contributed by atoms with Crippen LogP contribution in [0.3, 0.4) is 0 Å². The minimum Gasteiger partial charge on any atom is -0.486 e. The van der Waals surface area contributed by atoms with Crippen LogP contribution in [0.2, 0.25) is 5.02 Å². The number of rotatable bonds is 5. The van der Waals surface area contributed by atoms with Crippen molar-refractivity contribution in [2.45, 2.75) is 13.8 Å². The number of ketones is 1. The molecule has 1 aromatic rings. The van der Waals surface area contributed by atoms with Gasteiger partial charge in [-0.25, -0.2) is 0 Å². The van der Waals surface area contributed by atoms with E-state index in [9.17, 15) is 4.79 Å². The summed E-state index contributed by atoms with van der Waals surface area (Å²) in [6, 6.07) is 6.91. The Morgan fingerprint density at radius 2 is 2.00 bits per heavy atom. The van der Waals surface area contributed by atoms with Crippen molar-refractivity contribution in [2.75, 3.05) is 6.61 Å². The summed E-state index contributed by atoms with van der Waals surface area (Å²) in [6.45, 7) is 7.29. The first kappa shape index (κ1) is 12.8. The third-order valence-corrected chi connectivity index (χ3v) is 2.66. The Morgan fingerprint density at radius 1 is 1.44 bits per heavy atom. The fraction of sp³-hybridized carbons (Fsp3) is 0.308. The lowest BCUT2D eigenvalue weighted by Gasteiger charge is -2.18. The van der Waals surface area contributed by atoms with Crippen molar-refractivity contribution in [1.29, 1.82) is 0 Å². The molecule has 0 unspecified atom stereocenters. The van der Waals surface area contributed by atoms with Gasteiger partial charge in [-0.15, -0.1) is 6.58 Å². The quantitative estimate of drug-likeness (QED) is 0.734. The molecule has 0 bridgehead atoms. The van der Waals surface area contributed by atoms with Gasteiger partial charge in [0.1, 0.15) is 12.4 Å². The largest absolute Gasteiger partial charge is 0.486 e. The third kappa shape index (κ3) is 3.38. The maximum Gasteiger partial charge on any atom is 0.179 e. The average molecular weight is 239 g/mol. The summed E-state index contributed by atoms with van der Waals surface area (Å²) in [6.07, 6.45) is 1.63. The molecule has 0 fully saturated rings. The molecule has 0 saturated heterocycles. The molecule has 0 spiro atoms. The smallest absolute Gasteiger partial charge is 0.179 e. The predicted molar refractivity (Wildman–Crippen MR) is 65.9 cm³/mol. The number of benzene rings is 1. The van der Waals surface area contributed by atoms with Crippen molar-refractivity contribution in [2.24, 2.45) is 5.41 Å². The van der Waals surface area contributed by atoms with Gasteiger partial charge >= 0.3 is 0 Å². The molecule has 3 heteroatoms. The van der Waals surface area contributed by atoms with E-state index in [4.69, 9.17) is 16.3 Å². The second kappa shape index (κ2) is 5.17. The number of hydrogen-bond acceptors (Lipinski definition) is 2. The van der Waals surface area contributed by atoms with Crippen LogP contribution in [0.15, 0.2) is 36.9 Å². The molecule has 2 nitrogen and oxygen atoms in total. The second-order valence-electron chi connectivity index (χ2n) is 4.09. The summed E-state index contributed by atoms with van der Waals surface area (Å²) in [4.78, 5) is 11.7. The summed E-state index contributed by atoms with van der Waals surface area (Å²) in [5.74, 6) is 0.634. The minimum absolute atomic E-state index is 0.00236. The van der Waals surface area contributed by atoms with E-state index in [0.29, 0.717) is 10.8 Å². The number of allylic oxidation sites excluding steroid dienone is 1. The van der Waals surface area contributed by atoms with Gasteiger partial charge in [0.25, 0.3) is 0 Å². The van der Waals surface area contributed by atoms with Crippen LogP contribution in [0.5, 0.6) is 5.75 Å². The van der Waals surface area contributed by atoms with Crippen LogP contribution in [-0.4, -0.2) is 12.4 Å². The summed E-state index contributed by atoms with van der Waals surface area (Å²) in [5.41, 5.74) is -0.549. The lowest BCUT2D eigenvalue weighted by atomic mass is 9.89. The van der Waals surface area contributed by atoms with Gasteiger partial charge in [-0.2, -0.15) is 0 Å². The SMILES string of the molecule is C=CC(C)(C)C(=O)COc1ccc(Cl)cc1. The van der Waals surface area contributed by atoms with Gasteiger partial charge < -0.3 is 4.74 Å². The number of ether oxygens (including phenoxy) is 1. The summed E-state index contributed by atoms with van der Waals surface area (Å²) < 4.78 is 5.35. The molecule has 0 saturated carbocycles. The number of hydrogen-bond donors (Lipinski definition) is 0. The molecule has 0 radical (unpaired) electrons. The Balaban J connectivity index is 2.55. The first-order valence-corrected chi connectivity index (χ1v) is 5.39. The minimum atomic E-state index is -0.549. The maximum absolute atomic E-state index is 11.7. The highest BCUT2D eigenvalue weighted by Gasteiger charge is 2.23. The van der Waals surface area contributed by atoms with Gasteiger partial charge in [0.15, 0.2) is 5.78 Å². The van der Waals surface area contributed by atoms with Gasteiger partial charge in [0.2, 0.25) is 0 Å². The number of Topliss-reactive ketones (excluding diaryl/α,β-unsaturated/α-hetero) is 1. The van der Waals surface area contributed by atoms with Crippen LogP contribution in [0.1, 0.15) is 13.8 Å². The van der Waals surface area contributed by atoms with Gasteiger partial charge in [0.05, 0.1) is 0 Å². The van der Waals surface area contributed by atoms with Crippen molar-refractivity contribution in [3.63, 3.8) is 0 Å². The molecule has 0 N–H and O–H groups in total. The lowest BCUT2D eigenvalue weighted by molar-refractivity contribution is -0.127. The van der Waals surface area contributed by atoms with Crippen LogP contribution in [0.25, 0.3) is 0 Å². The molecular weight excluding hydrogens is 224 g/mol. The number of carbonyl (C=O) groups excluding carboxylic acids is 1. The van der Waals surface area contributed by atoms with E-state index in [1.54, 1.807) is 30.3 Å². The van der Waals surface area contributed by atoms with Crippen LogP contribution in [-0.2, 0) is 4.79 Å². The molecule has 86 valence electrons. The van der Waals surface area contributed by atoms with E-state index in [1.807, 2.05) is 13.8 Å². The third-order valence-electron chi connectivity index (χ3n) is 2.41. The number of carbonyl (C=O) groups is 1. The fourth-order valence-corrected chi connectivity index (χ4v) is 1.11. The number of halogens is 1. The van der Waals surface area contributed by atoms with Crippen LogP contribution in [0, 0.1) is 5.41 Å². The zero-order chi connectivity index (χ0) is 12.2. The molecule has 1 rings (SSSR count). The van der Waals surface area contributed by atoms with Crippen molar-refractivity contribution in [3.05, 3.63) is 41.9 Å². The van der Waals surface area contributed by atoms with Crippen LogP contribution >= 0.6 is 11.6 Å². The first-order chi connectivity index (χ1) is 7.45. The second-order valence-corrected chi connectivity index (χ2v) is 4.53. The van der Waals surface area contributed by atoms with E-state index in [1.165, 1.54) is 0 Å². The molecule has 0 amide bonds. The van der Waals surface area contributed by atoms with Crippen molar-refractivity contribution in [1.82, 2.24) is 0 Å². The Hall–Kier alpha value is -1.28. The van der Waals surface area contributed by atoms with Crippen molar-refractivity contribution >= 4 is 17.4 Å². The Morgan fingerprint density at radius 3 is 2.50 bits per heavy atom. The normalized spacial score (nSPS) is 10.9. The van der Waals surface area contributed by atoms with E-state index in [0.717, 1.165) is 0 Å². The molecular formula is C13H15ClO2. The Bertz CT molecular complexity index is 379. The summed E-state index contributed by atoms with van der Waals surface area (Å²) in [5, 5.41) is 0.644. The molecule has 0 aliphatic rings. The Labute approximate surface area is 101 Å². The average Bonchev–Trinajstić information content (AvgIpc) is 2.28. The van der Waals surface area contributed by atoms with Gasteiger partial charge in [0, 0.05) is 10.4 Å². The molecule has 0 heterocycles. The lowest BCUT2D eigenvalue weighted by Crippen LogP contribution is -2.27. The van der Waals surface area contributed by atoms with Crippen LogP contribution < -0.4 is 4.74 Å². The predicted octanol–water partition coefficient (Wildman–Crippen LogP) is 3.50. The zero-order valence-corrected chi connectivity index (χ0v) is 10.3. The first-order valence-electron chi connectivity index (χ1n) is 5.01. The molecule has 1 aromatic carbocycles. The van der Waals surface area contributed by atoms with Crippen LogP contribution in [0.4, 0.5) is 0 Å². The van der Waals surface area contributed by atoms with Gasteiger partial charge in [-0.1, -0.05) is 17.7 Å². The van der Waals surface area contributed by atoms with Gasteiger partial charge in [-0.05, 0) is 38.1 Å². The van der Waals surface area contributed by atoms with E-state index in [-0.39, 0.29) is 12.4 Å². The monoisotopic (exact) mass is 238 g/mol. The highest BCUT2D eigenvalue weighted by atomic mass is 35.5. The Kier molecular flexibility index (Phi) is 4.13. The van der Waals surface area contributed by atoms with E-state index >= 15 is 0 Å². The topological polar surface area (TPSA) is 26.3 Å².